The number of benzene rings is 1. The molecule has 0 bridgehead atoms. The van der Waals surface area contributed by atoms with Crippen LogP contribution in [0.3, 0.4) is 0 Å². The van der Waals surface area contributed by atoms with Gasteiger partial charge in [0.2, 0.25) is 0 Å². The van der Waals surface area contributed by atoms with Gasteiger partial charge in [-0.25, -0.2) is 0 Å². The van der Waals surface area contributed by atoms with E-state index in [2.05, 4.69) is 18.3 Å². The number of rotatable bonds is 7. The largest absolute Gasteiger partial charge is 0.493 e. The second-order valence-corrected chi connectivity index (χ2v) is 5.90. The van der Waals surface area contributed by atoms with Crippen LogP contribution in [0, 0.1) is 5.92 Å². The van der Waals surface area contributed by atoms with Gasteiger partial charge in [0.15, 0.2) is 11.5 Å². The van der Waals surface area contributed by atoms with Gasteiger partial charge in [-0.1, -0.05) is 38.3 Å². The second kappa shape index (κ2) is 8.28. The third-order valence-corrected chi connectivity index (χ3v) is 4.51. The van der Waals surface area contributed by atoms with Gasteiger partial charge in [0.05, 0.1) is 13.7 Å². The molecule has 1 aliphatic carbocycles. The highest BCUT2D eigenvalue weighted by molar-refractivity contribution is 5.46. The van der Waals surface area contributed by atoms with Crippen molar-refractivity contribution < 1.29 is 9.47 Å². The van der Waals surface area contributed by atoms with E-state index >= 15 is 0 Å². The van der Waals surface area contributed by atoms with Crippen LogP contribution in [0.25, 0.3) is 0 Å². The fraction of sp³-hybridized carbons (Fsp3) is 0.667. The number of hydrogen-bond donors (Lipinski definition) is 1. The molecule has 0 aliphatic heterocycles. The van der Waals surface area contributed by atoms with E-state index in [1.165, 1.54) is 37.7 Å². The first-order valence-corrected chi connectivity index (χ1v) is 8.30. The van der Waals surface area contributed by atoms with Crippen LogP contribution in [0.2, 0.25) is 0 Å². The summed E-state index contributed by atoms with van der Waals surface area (Å²) in [7, 11) is 1.72. The Bertz CT molecular complexity index is 433. The molecule has 0 aromatic heterocycles. The molecule has 0 amide bonds. The molecule has 1 fully saturated rings. The highest BCUT2D eigenvalue weighted by Gasteiger charge is 2.20. The summed E-state index contributed by atoms with van der Waals surface area (Å²) in [5, 5.41) is 3.71. The molecule has 3 heteroatoms. The van der Waals surface area contributed by atoms with Crippen LogP contribution in [-0.2, 0) is 6.54 Å². The van der Waals surface area contributed by atoms with E-state index in [9.17, 15) is 0 Å². The summed E-state index contributed by atoms with van der Waals surface area (Å²) in [4.78, 5) is 0. The predicted molar refractivity (Wildman–Crippen MR) is 87.0 cm³/mol. The van der Waals surface area contributed by atoms with Crippen molar-refractivity contribution in [2.75, 3.05) is 13.7 Å². The van der Waals surface area contributed by atoms with Gasteiger partial charge in [0.1, 0.15) is 0 Å². The Hall–Kier alpha value is -1.22. The van der Waals surface area contributed by atoms with Crippen LogP contribution < -0.4 is 14.8 Å². The molecule has 1 aliphatic rings. The molecule has 2 atom stereocenters. The first-order chi connectivity index (χ1) is 10.3. The van der Waals surface area contributed by atoms with Crippen molar-refractivity contribution in [3.63, 3.8) is 0 Å². The number of ether oxygens (including phenoxy) is 2. The maximum absolute atomic E-state index is 5.64. The third-order valence-electron chi connectivity index (χ3n) is 4.51. The van der Waals surface area contributed by atoms with Crippen LogP contribution in [0.4, 0.5) is 0 Å². The van der Waals surface area contributed by atoms with Crippen molar-refractivity contribution in [2.45, 2.75) is 58.5 Å². The minimum atomic E-state index is 0.643. The lowest BCUT2D eigenvalue weighted by atomic mass is 9.84. The maximum atomic E-state index is 5.64. The molecular weight excluding hydrogens is 262 g/mol. The molecule has 1 aromatic carbocycles. The summed E-state index contributed by atoms with van der Waals surface area (Å²) in [6.07, 6.45) is 6.67. The average molecular weight is 291 g/mol. The summed E-state index contributed by atoms with van der Waals surface area (Å²) in [6.45, 7) is 5.82. The quantitative estimate of drug-likeness (QED) is 0.818. The van der Waals surface area contributed by atoms with Crippen molar-refractivity contribution in [1.29, 1.82) is 0 Å². The van der Waals surface area contributed by atoms with Gasteiger partial charge in [-0.2, -0.15) is 0 Å². The topological polar surface area (TPSA) is 30.5 Å². The summed E-state index contributed by atoms with van der Waals surface area (Å²) < 4.78 is 11.2. The van der Waals surface area contributed by atoms with E-state index in [1.54, 1.807) is 7.11 Å². The molecule has 2 rings (SSSR count). The minimum Gasteiger partial charge on any atom is -0.493 e. The van der Waals surface area contributed by atoms with Gasteiger partial charge < -0.3 is 14.8 Å². The molecular formula is C18H29NO2. The molecule has 1 aromatic rings. The highest BCUT2D eigenvalue weighted by atomic mass is 16.5. The Kier molecular flexibility index (Phi) is 6.37. The van der Waals surface area contributed by atoms with E-state index in [0.29, 0.717) is 12.6 Å². The Morgan fingerprint density at radius 3 is 2.81 bits per heavy atom. The Morgan fingerprint density at radius 2 is 2.10 bits per heavy atom. The van der Waals surface area contributed by atoms with Crippen molar-refractivity contribution in [1.82, 2.24) is 5.32 Å². The smallest absolute Gasteiger partial charge is 0.165 e. The molecule has 21 heavy (non-hydrogen) atoms. The Morgan fingerprint density at radius 1 is 1.24 bits per heavy atom. The maximum Gasteiger partial charge on any atom is 0.165 e. The SMILES string of the molecule is CCOc1cccc(CNC2CCCC(CC)C2)c1OC. The number of hydrogen-bond acceptors (Lipinski definition) is 3. The molecule has 1 saturated carbocycles. The molecule has 118 valence electrons. The third kappa shape index (κ3) is 4.37. The van der Waals surface area contributed by atoms with E-state index in [0.717, 1.165) is 24.0 Å². The predicted octanol–water partition coefficient (Wildman–Crippen LogP) is 4.15. The summed E-state index contributed by atoms with van der Waals surface area (Å²) in [6, 6.07) is 6.78. The van der Waals surface area contributed by atoms with Gasteiger partial charge in [-0.05, 0) is 31.7 Å². The molecule has 2 unspecified atom stereocenters. The first kappa shape index (κ1) is 16.2. The Balaban J connectivity index is 1.97. The first-order valence-electron chi connectivity index (χ1n) is 8.30. The average Bonchev–Trinajstić information content (AvgIpc) is 2.53. The van der Waals surface area contributed by atoms with Gasteiger partial charge >= 0.3 is 0 Å². The zero-order chi connectivity index (χ0) is 15.1. The van der Waals surface area contributed by atoms with Crippen molar-refractivity contribution in [2.24, 2.45) is 5.92 Å². The van der Waals surface area contributed by atoms with Gasteiger partial charge in [0, 0.05) is 18.2 Å². The monoisotopic (exact) mass is 291 g/mol. The number of methoxy groups -OCH3 is 1. The highest BCUT2D eigenvalue weighted by Crippen LogP contribution is 2.32. The molecule has 0 heterocycles. The van der Waals surface area contributed by atoms with E-state index in [1.807, 2.05) is 19.1 Å². The van der Waals surface area contributed by atoms with E-state index in [-0.39, 0.29) is 0 Å². The van der Waals surface area contributed by atoms with E-state index < -0.39 is 0 Å². The standard InChI is InChI=1S/C18H29NO2/c1-4-14-8-6-10-16(12-14)19-13-15-9-7-11-17(21-5-2)18(15)20-3/h7,9,11,14,16,19H,4-6,8,10,12-13H2,1-3H3. The van der Waals surface area contributed by atoms with Crippen molar-refractivity contribution >= 4 is 0 Å². The lowest BCUT2D eigenvalue weighted by Gasteiger charge is -2.29. The fourth-order valence-electron chi connectivity index (χ4n) is 3.30. The van der Waals surface area contributed by atoms with E-state index in [4.69, 9.17) is 9.47 Å². The van der Waals surface area contributed by atoms with Crippen LogP contribution in [0.15, 0.2) is 18.2 Å². The number of para-hydroxylation sites is 1. The van der Waals surface area contributed by atoms with Gasteiger partial charge in [0.25, 0.3) is 0 Å². The van der Waals surface area contributed by atoms with Crippen LogP contribution in [-0.4, -0.2) is 19.8 Å². The normalized spacial score (nSPS) is 22.0. The summed E-state index contributed by atoms with van der Waals surface area (Å²) in [5.74, 6) is 2.61. The minimum absolute atomic E-state index is 0.643. The van der Waals surface area contributed by atoms with Crippen molar-refractivity contribution in [3.05, 3.63) is 23.8 Å². The molecule has 0 radical (unpaired) electrons. The fourth-order valence-corrected chi connectivity index (χ4v) is 3.30. The van der Waals surface area contributed by atoms with Crippen molar-refractivity contribution in [3.8, 4) is 11.5 Å². The van der Waals surface area contributed by atoms with Crippen LogP contribution in [0.5, 0.6) is 11.5 Å². The lowest BCUT2D eigenvalue weighted by Crippen LogP contribution is -2.33. The number of nitrogens with one attached hydrogen (secondary N) is 1. The zero-order valence-electron chi connectivity index (χ0n) is 13.7. The molecule has 0 spiro atoms. The molecule has 1 N–H and O–H groups in total. The molecule has 0 saturated heterocycles. The summed E-state index contributed by atoms with van der Waals surface area (Å²) in [5.41, 5.74) is 1.18. The summed E-state index contributed by atoms with van der Waals surface area (Å²) >= 11 is 0. The van der Waals surface area contributed by atoms with Gasteiger partial charge in [-0.3, -0.25) is 0 Å². The second-order valence-electron chi connectivity index (χ2n) is 5.90. The molecule has 3 nitrogen and oxygen atoms in total. The van der Waals surface area contributed by atoms with Crippen LogP contribution >= 0.6 is 0 Å². The van der Waals surface area contributed by atoms with Crippen LogP contribution in [0.1, 0.15) is 51.5 Å². The Labute approximate surface area is 129 Å². The lowest BCUT2D eigenvalue weighted by molar-refractivity contribution is 0.276. The zero-order valence-corrected chi connectivity index (χ0v) is 13.7. The van der Waals surface area contributed by atoms with Gasteiger partial charge in [-0.15, -0.1) is 0 Å².